The van der Waals surface area contributed by atoms with Crippen molar-refractivity contribution in [3.63, 3.8) is 0 Å². The number of hydrogen-bond acceptors (Lipinski definition) is 3. The number of carbonyl (C=O) groups is 2. The Hall–Kier alpha value is -1.75. The lowest BCUT2D eigenvalue weighted by molar-refractivity contribution is -0.139. The number of aliphatic carboxylic acids is 1. The van der Waals surface area contributed by atoms with Gasteiger partial charge in [-0.3, -0.25) is 4.79 Å². The second-order valence-corrected chi connectivity index (χ2v) is 3.92. The topological polar surface area (TPSA) is 92.4 Å². The minimum absolute atomic E-state index is 0.280. The van der Waals surface area contributed by atoms with Gasteiger partial charge in [-0.05, 0) is 24.6 Å². The molecule has 0 heterocycles. The Bertz CT molecular complexity index is 448. The Balaban J connectivity index is 2.82. The normalized spacial score (nSPS) is 11.9. The molecule has 1 aromatic carbocycles. The quantitative estimate of drug-likeness (QED) is 0.712. The van der Waals surface area contributed by atoms with E-state index in [1.54, 1.807) is 6.92 Å². The first-order valence-corrected chi connectivity index (χ1v) is 5.42. The number of rotatable bonds is 4. The van der Waals surface area contributed by atoms with Crippen molar-refractivity contribution >= 4 is 29.2 Å². The first-order valence-electron chi connectivity index (χ1n) is 5.04. The monoisotopic (exact) mass is 256 g/mol. The predicted molar refractivity (Wildman–Crippen MR) is 65.0 cm³/mol. The number of carbonyl (C=O) groups excluding carboxylic acids is 1. The second-order valence-electron chi connectivity index (χ2n) is 3.51. The van der Waals surface area contributed by atoms with Crippen molar-refractivity contribution in [3.05, 3.63) is 28.8 Å². The van der Waals surface area contributed by atoms with Gasteiger partial charge in [0.1, 0.15) is 6.04 Å². The van der Waals surface area contributed by atoms with Crippen molar-refractivity contribution in [1.29, 1.82) is 0 Å². The van der Waals surface area contributed by atoms with Crippen LogP contribution < -0.4 is 11.1 Å². The molecule has 17 heavy (non-hydrogen) atoms. The van der Waals surface area contributed by atoms with Gasteiger partial charge in [0.15, 0.2) is 0 Å². The van der Waals surface area contributed by atoms with E-state index in [0.29, 0.717) is 11.4 Å². The van der Waals surface area contributed by atoms with E-state index in [1.807, 2.05) is 0 Å². The molecule has 92 valence electrons. The number of halogens is 1. The molecule has 1 amide bonds. The minimum Gasteiger partial charge on any atom is -0.480 e. The Morgan fingerprint density at radius 1 is 1.53 bits per heavy atom. The number of amides is 1. The summed E-state index contributed by atoms with van der Waals surface area (Å²) in [5.74, 6) is -1.55. The van der Waals surface area contributed by atoms with Crippen LogP contribution in [0.25, 0.3) is 0 Å². The Morgan fingerprint density at radius 2 is 2.18 bits per heavy atom. The van der Waals surface area contributed by atoms with Crippen molar-refractivity contribution < 1.29 is 14.7 Å². The molecule has 1 atom stereocenters. The van der Waals surface area contributed by atoms with Gasteiger partial charge < -0.3 is 16.2 Å². The predicted octanol–water partition coefficient (Wildman–Crippen LogP) is 1.52. The average Bonchev–Trinajstić information content (AvgIpc) is 2.28. The smallest absolute Gasteiger partial charge is 0.326 e. The fourth-order valence-electron chi connectivity index (χ4n) is 1.26. The standard InChI is InChI=1S/C11H13ClN2O3/c1-2-9(11(16)17)14-10(15)6-3-4-7(12)8(13)5-6/h3-5,9H,2,13H2,1H3,(H,14,15)(H,16,17)/t9-/m1/s1. The molecule has 1 rings (SSSR count). The summed E-state index contributed by atoms with van der Waals surface area (Å²) < 4.78 is 0. The van der Waals surface area contributed by atoms with E-state index in [2.05, 4.69) is 5.32 Å². The number of carboxylic acid groups (broad SMARTS) is 1. The number of nitrogens with two attached hydrogens (primary N) is 1. The summed E-state index contributed by atoms with van der Waals surface area (Å²) in [6.45, 7) is 1.68. The summed E-state index contributed by atoms with van der Waals surface area (Å²) in [5.41, 5.74) is 6.12. The van der Waals surface area contributed by atoms with Crippen LogP contribution in [-0.2, 0) is 4.79 Å². The molecule has 0 saturated heterocycles. The molecule has 0 aliphatic carbocycles. The van der Waals surface area contributed by atoms with Crippen molar-refractivity contribution in [1.82, 2.24) is 5.32 Å². The first-order chi connectivity index (χ1) is 7.95. The van der Waals surface area contributed by atoms with Crippen LogP contribution in [0.3, 0.4) is 0 Å². The molecule has 0 fully saturated rings. The van der Waals surface area contributed by atoms with Crippen molar-refractivity contribution in [2.45, 2.75) is 19.4 Å². The maximum Gasteiger partial charge on any atom is 0.326 e. The van der Waals surface area contributed by atoms with Crippen LogP contribution in [0.5, 0.6) is 0 Å². The van der Waals surface area contributed by atoms with Crippen molar-refractivity contribution in [2.75, 3.05) is 5.73 Å². The third-order valence-corrected chi connectivity index (χ3v) is 2.61. The zero-order chi connectivity index (χ0) is 13.0. The van der Waals surface area contributed by atoms with Gasteiger partial charge in [-0.25, -0.2) is 4.79 Å². The van der Waals surface area contributed by atoms with E-state index < -0.39 is 17.9 Å². The van der Waals surface area contributed by atoms with E-state index in [9.17, 15) is 9.59 Å². The highest BCUT2D eigenvalue weighted by Gasteiger charge is 2.18. The average molecular weight is 257 g/mol. The lowest BCUT2D eigenvalue weighted by Crippen LogP contribution is -2.40. The number of anilines is 1. The molecule has 0 aliphatic heterocycles. The lowest BCUT2D eigenvalue weighted by Gasteiger charge is -2.12. The maximum absolute atomic E-state index is 11.7. The van der Waals surface area contributed by atoms with Crippen LogP contribution in [-0.4, -0.2) is 23.0 Å². The van der Waals surface area contributed by atoms with Crippen LogP contribution >= 0.6 is 11.6 Å². The van der Waals surface area contributed by atoms with E-state index >= 15 is 0 Å². The zero-order valence-corrected chi connectivity index (χ0v) is 9.99. The summed E-state index contributed by atoms with van der Waals surface area (Å²) in [6.07, 6.45) is 0.310. The SMILES string of the molecule is CC[C@@H](NC(=O)c1ccc(Cl)c(N)c1)C(=O)O. The fraction of sp³-hybridized carbons (Fsp3) is 0.273. The van der Waals surface area contributed by atoms with Crippen LogP contribution in [0.1, 0.15) is 23.7 Å². The van der Waals surface area contributed by atoms with Crippen LogP contribution in [0.4, 0.5) is 5.69 Å². The van der Waals surface area contributed by atoms with Gasteiger partial charge in [-0.1, -0.05) is 18.5 Å². The van der Waals surface area contributed by atoms with E-state index in [-0.39, 0.29) is 11.3 Å². The highest BCUT2D eigenvalue weighted by molar-refractivity contribution is 6.33. The van der Waals surface area contributed by atoms with Gasteiger partial charge in [0.05, 0.1) is 10.7 Å². The maximum atomic E-state index is 11.7. The molecule has 0 radical (unpaired) electrons. The van der Waals surface area contributed by atoms with Gasteiger partial charge in [-0.15, -0.1) is 0 Å². The molecule has 4 N–H and O–H groups in total. The first kappa shape index (κ1) is 13.3. The highest BCUT2D eigenvalue weighted by atomic mass is 35.5. The number of nitrogens with one attached hydrogen (secondary N) is 1. The molecular weight excluding hydrogens is 244 g/mol. The Kier molecular flexibility index (Phi) is 4.34. The van der Waals surface area contributed by atoms with Gasteiger partial charge in [0.25, 0.3) is 5.91 Å². The summed E-state index contributed by atoms with van der Waals surface area (Å²) in [5, 5.41) is 11.6. The molecule has 0 aromatic heterocycles. The molecule has 0 unspecified atom stereocenters. The lowest BCUT2D eigenvalue weighted by atomic mass is 10.1. The Labute approximate surface area is 104 Å². The number of benzene rings is 1. The van der Waals surface area contributed by atoms with Crippen molar-refractivity contribution in [2.24, 2.45) is 0 Å². The van der Waals surface area contributed by atoms with Crippen LogP contribution in [0, 0.1) is 0 Å². The van der Waals surface area contributed by atoms with Gasteiger partial charge in [-0.2, -0.15) is 0 Å². The largest absolute Gasteiger partial charge is 0.480 e. The second kappa shape index (κ2) is 5.54. The molecule has 0 saturated carbocycles. The van der Waals surface area contributed by atoms with Gasteiger partial charge in [0, 0.05) is 5.56 Å². The van der Waals surface area contributed by atoms with Crippen molar-refractivity contribution in [3.8, 4) is 0 Å². The molecule has 0 spiro atoms. The molecule has 5 nitrogen and oxygen atoms in total. The number of hydrogen-bond donors (Lipinski definition) is 3. The van der Waals surface area contributed by atoms with Gasteiger partial charge >= 0.3 is 5.97 Å². The Morgan fingerprint density at radius 3 is 2.65 bits per heavy atom. The summed E-state index contributed by atoms with van der Waals surface area (Å²) >= 11 is 5.72. The van der Waals surface area contributed by atoms with E-state index in [4.69, 9.17) is 22.4 Å². The molecule has 1 aromatic rings. The number of carboxylic acids is 1. The third-order valence-electron chi connectivity index (χ3n) is 2.27. The van der Waals surface area contributed by atoms with E-state index in [0.717, 1.165) is 0 Å². The van der Waals surface area contributed by atoms with Crippen LogP contribution in [0.15, 0.2) is 18.2 Å². The van der Waals surface area contributed by atoms with Crippen LogP contribution in [0.2, 0.25) is 5.02 Å². The fourth-order valence-corrected chi connectivity index (χ4v) is 1.38. The molecule has 0 aliphatic rings. The summed E-state index contributed by atoms with van der Waals surface area (Å²) in [7, 11) is 0. The zero-order valence-electron chi connectivity index (χ0n) is 9.24. The minimum atomic E-state index is -1.07. The van der Waals surface area contributed by atoms with Gasteiger partial charge in [0.2, 0.25) is 0 Å². The summed E-state index contributed by atoms with van der Waals surface area (Å²) in [4.78, 5) is 22.5. The summed E-state index contributed by atoms with van der Waals surface area (Å²) in [6, 6.07) is 3.49. The highest BCUT2D eigenvalue weighted by Crippen LogP contribution is 2.19. The molecule has 6 heteroatoms. The number of nitrogen functional groups attached to an aromatic ring is 1. The molecule has 0 bridgehead atoms. The third kappa shape index (κ3) is 3.35. The molecular formula is C11H13ClN2O3. The van der Waals surface area contributed by atoms with E-state index in [1.165, 1.54) is 18.2 Å².